The maximum Gasteiger partial charge on any atom is 0.191 e. The van der Waals surface area contributed by atoms with Crippen LogP contribution in [0.2, 0.25) is 0 Å². The molecule has 0 radical (unpaired) electrons. The van der Waals surface area contributed by atoms with E-state index in [1.165, 1.54) is 50.5 Å². The van der Waals surface area contributed by atoms with Crippen LogP contribution in [0.3, 0.4) is 0 Å². The van der Waals surface area contributed by atoms with Crippen LogP contribution in [0, 0.1) is 0 Å². The van der Waals surface area contributed by atoms with Crippen LogP contribution in [-0.2, 0) is 0 Å². The third-order valence-electron chi connectivity index (χ3n) is 5.61. The first-order valence-electron chi connectivity index (χ1n) is 9.56. The lowest BCUT2D eigenvalue weighted by Gasteiger charge is -2.34. The van der Waals surface area contributed by atoms with Crippen LogP contribution in [0.1, 0.15) is 63.5 Å². The Labute approximate surface area is 146 Å². The molecule has 4 heteroatoms. The minimum absolute atomic E-state index is 0.107. The van der Waals surface area contributed by atoms with Crippen LogP contribution in [0.25, 0.3) is 0 Å². The van der Waals surface area contributed by atoms with Crippen molar-refractivity contribution in [2.24, 2.45) is 10.7 Å². The molecule has 3 N–H and O–H groups in total. The highest BCUT2D eigenvalue weighted by Gasteiger charge is 2.35. The highest BCUT2D eigenvalue weighted by Crippen LogP contribution is 2.32. The maximum absolute atomic E-state index is 6.28. The Morgan fingerprint density at radius 2 is 1.79 bits per heavy atom. The molecule has 0 spiro atoms. The smallest absolute Gasteiger partial charge is 0.191 e. The average molecular weight is 329 g/mol. The number of nitrogens with two attached hydrogens (primary N) is 1. The molecule has 1 heterocycles. The van der Waals surface area contributed by atoms with Crippen molar-refractivity contribution in [2.75, 3.05) is 19.6 Å². The molecule has 1 saturated carbocycles. The summed E-state index contributed by atoms with van der Waals surface area (Å²) in [4.78, 5) is 7.06. The van der Waals surface area contributed by atoms with Crippen LogP contribution in [0.4, 0.5) is 0 Å². The number of nitrogens with one attached hydrogen (secondary N) is 1. The molecule has 0 bridgehead atoms. The Kier molecular flexibility index (Phi) is 5.77. The van der Waals surface area contributed by atoms with Gasteiger partial charge in [0.15, 0.2) is 5.96 Å². The second-order valence-corrected chi connectivity index (χ2v) is 7.49. The average Bonchev–Trinajstić information content (AvgIpc) is 3.10. The van der Waals surface area contributed by atoms with E-state index in [2.05, 4.69) is 47.5 Å². The van der Waals surface area contributed by atoms with Gasteiger partial charge in [-0.15, -0.1) is 0 Å². The monoisotopic (exact) mass is 328 g/mol. The molecule has 1 atom stereocenters. The maximum atomic E-state index is 6.28. The van der Waals surface area contributed by atoms with Gasteiger partial charge in [0, 0.05) is 24.7 Å². The van der Waals surface area contributed by atoms with Crippen molar-refractivity contribution in [1.29, 1.82) is 0 Å². The number of hydrogen-bond acceptors (Lipinski definition) is 2. The molecule has 1 aromatic rings. The van der Waals surface area contributed by atoms with E-state index in [0.717, 1.165) is 25.6 Å². The van der Waals surface area contributed by atoms with E-state index in [9.17, 15) is 0 Å². The zero-order valence-corrected chi connectivity index (χ0v) is 15.0. The molecule has 1 saturated heterocycles. The minimum Gasteiger partial charge on any atom is -0.370 e. The fourth-order valence-corrected chi connectivity index (χ4v) is 4.14. The summed E-state index contributed by atoms with van der Waals surface area (Å²) >= 11 is 0. The quantitative estimate of drug-likeness (QED) is 0.643. The zero-order chi connectivity index (χ0) is 16.8. The molecule has 0 aromatic heterocycles. The van der Waals surface area contributed by atoms with Crippen LogP contribution in [0.15, 0.2) is 35.3 Å². The molecule has 1 aliphatic carbocycles. The Bertz CT molecular complexity index is 528. The van der Waals surface area contributed by atoms with Gasteiger partial charge in [0.2, 0.25) is 0 Å². The number of benzene rings is 1. The largest absolute Gasteiger partial charge is 0.370 e. The van der Waals surface area contributed by atoms with Gasteiger partial charge >= 0.3 is 0 Å². The summed E-state index contributed by atoms with van der Waals surface area (Å²) in [6.45, 7) is 5.19. The van der Waals surface area contributed by atoms with E-state index in [-0.39, 0.29) is 5.54 Å². The van der Waals surface area contributed by atoms with Gasteiger partial charge in [0.25, 0.3) is 0 Å². The molecule has 2 fully saturated rings. The SMILES string of the molecule is CC(NC1(CN=C(N)N2CCCCC2)CCCC1)c1ccccc1. The molecular weight excluding hydrogens is 296 g/mol. The van der Waals surface area contributed by atoms with Crippen molar-refractivity contribution in [3.05, 3.63) is 35.9 Å². The topological polar surface area (TPSA) is 53.6 Å². The fourth-order valence-electron chi connectivity index (χ4n) is 4.14. The standard InChI is InChI=1S/C20H32N4/c1-17(18-10-4-2-5-11-18)23-20(12-6-7-13-20)16-22-19(21)24-14-8-3-9-15-24/h2,4-5,10-11,17,23H,3,6-9,12-16H2,1H3,(H2,21,22). The van der Waals surface area contributed by atoms with Gasteiger partial charge in [0.1, 0.15) is 0 Å². The second kappa shape index (κ2) is 8.02. The molecule has 1 aliphatic heterocycles. The molecule has 3 rings (SSSR count). The van der Waals surface area contributed by atoms with E-state index in [1.54, 1.807) is 0 Å². The molecular formula is C20H32N4. The van der Waals surface area contributed by atoms with Crippen molar-refractivity contribution in [3.63, 3.8) is 0 Å². The van der Waals surface area contributed by atoms with Crippen molar-refractivity contribution in [1.82, 2.24) is 10.2 Å². The van der Waals surface area contributed by atoms with Gasteiger partial charge < -0.3 is 16.0 Å². The second-order valence-electron chi connectivity index (χ2n) is 7.49. The normalized spacial score (nSPS) is 22.5. The molecule has 4 nitrogen and oxygen atoms in total. The van der Waals surface area contributed by atoms with Crippen molar-refractivity contribution in [2.45, 2.75) is 63.5 Å². The third-order valence-corrected chi connectivity index (χ3v) is 5.61. The van der Waals surface area contributed by atoms with Crippen LogP contribution >= 0.6 is 0 Å². The predicted molar refractivity (Wildman–Crippen MR) is 101 cm³/mol. The first-order valence-corrected chi connectivity index (χ1v) is 9.56. The molecule has 132 valence electrons. The summed E-state index contributed by atoms with van der Waals surface area (Å²) in [7, 11) is 0. The van der Waals surface area contributed by atoms with Crippen LogP contribution in [-0.4, -0.2) is 36.0 Å². The van der Waals surface area contributed by atoms with Gasteiger partial charge in [-0.1, -0.05) is 43.2 Å². The van der Waals surface area contributed by atoms with E-state index >= 15 is 0 Å². The molecule has 1 unspecified atom stereocenters. The summed E-state index contributed by atoms with van der Waals surface area (Å²) in [6, 6.07) is 11.0. The fraction of sp³-hybridized carbons (Fsp3) is 0.650. The van der Waals surface area contributed by atoms with Gasteiger partial charge in [-0.3, -0.25) is 4.99 Å². The summed E-state index contributed by atoms with van der Waals surface area (Å²) in [5.74, 6) is 0.745. The number of piperidine rings is 1. The van der Waals surface area contributed by atoms with Gasteiger partial charge in [0.05, 0.1) is 6.54 Å². The summed E-state index contributed by atoms with van der Waals surface area (Å²) in [5.41, 5.74) is 7.73. The van der Waals surface area contributed by atoms with Crippen LogP contribution in [0.5, 0.6) is 0 Å². The Morgan fingerprint density at radius 1 is 1.12 bits per heavy atom. The zero-order valence-electron chi connectivity index (χ0n) is 15.0. The lowest BCUT2D eigenvalue weighted by atomic mass is 9.95. The number of aliphatic imine (C=N–C) groups is 1. The van der Waals surface area contributed by atoms with Crippen molar-refractivity contribution in [3.8, 4) is 0 Å². The Morgan fingerprint density at radius 3 is 2.46 bits per heavy atom. The van der Waals surface area contributed by atoms with Gasteiger partial charge in [-0.25, -0.2) is 0 Å². The van der Waals surface area contributed by atoms with E-state index < -0.39 is 0 Å². The van der Waals surface area contributed by atoms with Crippen LogP contribution < -0.4 is 11.1 Å². The van der Waals surface area contributed by atoms with Crippen molar-refractivity contribution < 1.29 is 0 Å². The Balaban J connectivity index is 1.64. The molecule has 1 aromatic carbocycles. The van der Waals surface area contributed by atoms with Gasteiger partial charge in [-0.2, -0.15) is 0 Å². The van der Waals surface area contributed by atoms with E-state index in [0.29, 0.717) is 6.04 Å². The number of rotatable bonds is 5. The van der Waals surface area contributed by atoms with Gasteiger partial charge in [-0.05, 0) is 44.6 Å². The molecule has 0 amide bonds. The van der Waals surface area contributed by atoms with Crippen molar-refractivity contribution >= 4 is 5.96 Å². The third kappa shape index (κ3) is 4.29. The lowest BCUT2D eigenvalue weighted by molar-refractivity contribution is 0.302. The molecule has 24 heavy (non-hydrogen) atoms. The lowest BCUT2D eigenvalue weighted by Crippen LogP contribution is -2.48. The number of hydrogen-bond donors (Lipinski definition) is 2. The first-order chi connectivity index (χ1) is 11.7. The highest BCUT2D eigenvalue weighted by atomic mass is 15.3. The number of likely N-dealkylation sites (tertiary alicyclic amines) is 1. The summed E-state index contributed by atoms with van der Waals surface area (Å²) < 4.78 is 0. The summed E-state index contributed by atoms with van der Waals surface area (Å²) in [6.07, 6.45) is 8.77. The van der Waals surface area contributed by atoms with E-state index in [1.807, 2.05) is 0 Å². The number of nitrogens with zero attached hydrogens (tertiary/aromatic N) is 2. The molecule has 2 aliphatic rings. The highest BCUT2D eigenvalue weighted by molar-refractivity contribution is 5.78. The first kappa shape index (κ1) is 17.3. The van der Waals surface area contributed by atoms with E-state index in [4.69, 9.17) is 10.7 Å². The number of guanidine groups is 1. The Hall–Kier alpha value is -1.55. The minimum atomic E-state index is 0.107. The predicted octanol–water partition coefficient (Wildman–Crippen LogP) is 3.45. The summed E-state index contributed by atoms with van der Waals surface area (Å²) in [5, 5.41) is 3.89.